The molecular formula is C18H37. The van der Waals surface area contributed by atoms with Crippen LogP contribution in [0.25, 0.3) is 0 Å². The molecule has 18 heavy (non-hydrogen) atoms. The summed E-state index contributed by atoms with van der Waals surface area (Å²) < 4.78 is 0. The maximum absolute atomic E-state index is 3.97. The molecule has 0 spiro atoms. The van der Waals surface area contributed by atoms with Gasteiger partial charge in [0, 0.05) is 0 Å². The van der Waals surface area contributed by atoms with Crippen LogP contribution in [0.5, 0.6) is 0 Å². The van der Waals surface area contributed by atoms with Gasteiger partial charge in [0.05, 0.1) is 0 Å². The van der Waals surface area contributed by atoms with E-state index in [2.05, 4.69) is 27.7 Å². The summed E-state index contributed by atoms with van der Waals surface area (Å²) in [6.07, 6.45) is 16.7. The lowest BCUT2D eigenvalue weighted by molar-refractivity contribution is 0.404. The Balaban J connectivity index is 3.29. The standard InChI is InChI=1S/C18H37/c1-5-8-14-17(4)15-11-9-10-12-16-18(7-3)13-6-2/h17-18H,2,5-16H2,1,3-4H3. The number of rotatable bonds is 13. The fourth-order valence-electron chi connectivity index (χ4n) is 2.82. The van der Waals surface area contributed by atoms with E-state index in [0.717, 1.165) is 18.3 Å². The van der Waals surface area contributed by atoms with Gasteiger partial charge in [0.15, 0.2) is 0 Å². The van der Waals surface area contributed by atoms with Crippen molar-refractivity contribution in [2.24, 2.45) is 11.8 Å². The monoisotopic (exact) mass is 253 g/mol. The van der Waals surface area contributed by atoms with Crippen molar-refractivity contribution < 1.29 is 0 Å². The first-order valence-electron chi connectivity index (χ1n) is 8.53. The predicted molar refractivity (Wildman–Crippen MR) is 84.8 cm³/mol. The van der Waals surface area contributed by atoms with E-state index < -0.39 is 0 Å². The summed E-state index contributed by atoms with van der Waals surface area (Å²) in [5.74, 6) is 1.91. The van der Waals surface area contributed by atoms with Gasteiger partial charge < -0.3 is 0 Å². The molecule has 109 valence electrons. The first-order valence-corrected chi connectivity index (χ1v) is 8.53. The van der Waals surface area contributed by atoms with Crippen molar-refractivity contribution in [3.63, 3.8) is 0 Å². The maximum Gasteiger partial charge on any atom is -0.0417 e. The molecule has 0 saturated heterocycles. The molecule has 0 heterocycles. The molecule has 0 rings (SSSR count). The van der Waals surface area contributed by atoms with Gasteiger partial charge in [-0.3, -0.25) is 0 Å². The maximum atomic E-state index is 3.97. The second kappa shape index (κ2) is 13.4. The van der Waals surface area contributed by atoms with Crippen LogP contribution in [0, 0.1) is 18.8 Å². The van der Waals surface area contributed by atoms with Gasteiger partial charge in [0.2, 0.25) is 0 Å². The van der Waals surface area contributed by atoms with E-state index in [0.29, 0.717) is 0 Å². The third-order valence-corrected chi connectivity index (χ3v) is 4.30. The van der Waals surface area contributed by atoms with E-state index in [1.165, 1.54) is 70.6 Å². The van der Waals surface area contributed by atoms with Crippen molar-refractivity contribution in [1.29, 1.82) is 0 Å². The Labute approximate surface area is 117 Å². The molecular weight excluding hydrogens is 216 g/mol. The fourth-order valence-corrected chi connectivity index (χ4v) is 2.82. The molecule has 0 bridgehead atoms. The quantitative estimate of drug-likeness (QED) is 0.317. The van der Waals surface area contributed by atoms with E-state index in [1.54, 1.807) is 0 Å². The van der Waals surface area contributed by atoms with Gasteiger partial charge in [-0.25, -0.2) is 0 Å². The highest BCUT2D eigenvalue weighted by molar-refractivity contribution is 4.59. The molecule has 1 radical (unpaired) electrons. The van der Waals surface area contributed by atoms with Crippen molar-refractivity contribution >= 4 is 0 Å². The Morgan fingerprint density at radius 1 is 0.778 bits per heavy atom. The number of hydrogen-bond acceptors (Lipinski definition) is 0. The second-order valence-electron chi connectivity index (χ2n) is 6.16. The van der Waals surface area contributed by atoms with Gasteiger partial charge in [-0.15, -0.1) is 0 Å². The first-order chi connectivity index (χ1) is 8.74. The topological polar surface area (TPSA) is 0 Å². The van der Waals surface area contributed by atoms with E-state index in [1.807, 2.05) is 0 Å². The van der Waals surface area contributed by atoms with Crippen LogP contribution < -0.4 is 0 Å². The zero-order valence-corrected chi connectivity index (χ0v) is 13.3. The lowest BCUT2D eigenvalue weighted by Crippen LogP contribution is -1.98. The van der Waals surface area contributed by atoms with E-state index in [9.17, 15) is 0 Å². The van der Waals surface area contributed by atoms with Crippen LogP contribution in [0.4, 0.5) is 0 Å². The van der Waals surface area contributed by atoms with Crippen LogP contribution in [-0.4, -0.2) is 0 Å². The molecule has 0 amide bonds. The van der Waals surface area contributed by atoms with Crippen molar-refractivity contribution in [3.8, 4) is 0 Å². The molecule has 2 atom stereocenters. The SMILES string of the molecule is [CH2]CCC(CC)CCCCCCC(C)CCCC. The highest BCUT2D eigenvalue weighted by Gasteiger charge is 2.05. The number of hydrogen-bond donors (Lipinski definition) is 0. The van der Waals surface area contributed by atoms with Crippen LogP contribution in [0.2, 0.25) is 0 Å². The lowest BCUT2D eigenvalue weighted by Gasteiger charge is -2.13. The fraction of sp³-hybridized carbons (Fsp3) is 0.944. The predicted octanol–water partition coefficient (Wildman–Crippen LogP) is 6.79. The van der Waals surface area contributed by atoms with E-state index in [-0.39, 0.29) is 0 Å². The summed E-state index contributed by atoms with van der Waals surface area (Å²) >= 11 is 0. The molecule has 2 unspecified atom stereocenters. The molecule has 0 N–H and O–H groups in total. The molecule has 0 aliphatic carbocycles. The largest absolute Gasteiger partial charge is 0.0654 e. The molecule has 0 fully saturated rings. The zero-order chi connectivity index (χ0) is 13.6. The average molecular weight is 253 g/mol. The summed E-state index contributed by atoms with van der Waals surface area (Å²) in [5.41, 5.74) is 0. The molecule has 0 aliphatic heterocycles. The highest BCUT2D eigenvalue weighted by Crippen LogP contribution is 2.20. The first kappa shape index (κ1) is 18.0. The van der Waals surface area contributed by atoms with Crippen LogP contribution in [0.15, 0.2) is 0 Å². The summed E-state index contributed by atoms with van der Waals surface area (Å²) in [6.45, 7) is 11.0. The van der Waals surface area contributed by atoms with Crippen molar-refractivity contribution in [1.82, 2.24) is 0 Å². The summed E-state index contributed by atoms with van der Waals surface area (Å²) in [6, 6.07) is 0. The van der Waals surface area contributed by atoms with Gasteiger partial charge in [-0.2, -0.15) is 0 Å². The average Bonchev–Trinajstić information content (AvgIpc) is 2.38. The Bertz CT molecular complexity index is 150. The van der Waals surface area contributed by atoms with Gasteiger partial charge in [0.25, 0.3) is 0 Å². The Morgan fingerprint density at radius 2 is 1.39 bits per heavy atom. The molecule has 0 nitrogen and oxygen atoms in total. The normalized spacial score (nSPS) is 14.7. The third kappa shape index (κ3) is 11.1. The third-order valence-electron chi connectivity index (χ3n) is 4.30. The minimum atomic E-state index is 0.950. The molecule has 0 heteroatoms. The van der Waals surface area contributed by atoms with Crippen LogP contribution >= 0.6 is 0 Å². The van der Waals surface area contributed by atoms with Crippen LogP contribution in [0.3, 0.4) is 0 Å². The minimum Gasteiger partial charge on any atom is -0.0654 e. The summed E-state index contributed by atoms with van der Waals surface area (Å²) in [7, 11) is 0. The minimum absolute atomic E-state index is 0.950. The molecule has 0 aromatic heterocycles. The summed E-state index contributed by atoms with van der Waals surface area (Å²) in [4.78, 5) is 0. The van der Waals surface area contributed by atoms with E-state index >= 15 is 0 Å². The van der Waals surface area contributed by atoms with E-state index in [4.69, 9.17) is 0 Å². The Hall–Kier alpha value is 0. The Kier molecular flexibility index (Phi) is 13.4. The van der Waals surface area contributed by atoms with Gasteiger partial charge >= 0.3 is 0 Å². The Morgan fingerprint density at radius 3 is 1.94 bits per heavy atom. The molecule has 0 aromatic rings. The van der Waals surface area contributed by atoms with Gasteiger partial charge in [-0.05, 0) is 11.8 Å². The van der Waals surface area contributed by atoms with Gasteiger partial charge in [0.1, 0.15) is 0 Å². The molecule has 0 aromatic carbocycles. The van der Waals surface area contributed by atoms with Crippen LogP contribution in [-0.2, 0) is 0 Å². The van der Waals surface area contributed by atoms with Crippen molar-refractivity contribution in [2.75, 3.05) is 0 Å². The molecule has 0 saturated carbocycles. The lowest BCUT2D eigenvalue weighted by atomic mass is 9.93. The smallest absolute Gasteiger partial charge is 0.0417 e. The summed E-state index contributed by atoms with van der Waals surface area (Å²) in [5, 5.41) is 0. The van der Waals surface area contributed by atoms with Crippen molar-refractivity contribution in [3.05, 3.63) is 6.92 Å². The zero-order valence-electron chi connectivity index (χ0n) is 13.3. The second-order valence-corrected chi connectivity index (χ2v) is 6.16. The number of unbranched alkanes of at least 4 members (excludes halogenated alkanes) is 4. The van der Waals surface area contributed by atoms with Crippen LogP contribution in [0.1, 0.15) is 97.8 Å². The highest BCUT2D eigenvalue weighted by atomic mass is 14.1. The van der Waals surface area contributed by atoms with Gasteiger partial charge in [-0.1, -0.05) is 105 Å². The van der Waals surface area contributed by atoms with Crippen molar-refractivity contribution in [2.45, 2.75) is 97.8 Å². The molecule has 0 aliphatic rings.